The molecule has 1 unspecified atom stereocenters. The molecule has 2 heteroatoms. The standard InChI is InChI=1S/C18H34N2/c1(5-13-19-17-11-12-17)2-6-14-20-15-7-10-18(20)16-8-3-4-9-16/h16-19H,1-15H2. The Balaban J connectivity index is 1.23. The second-order valence-electron chi connectivity index (χ2n) is 7.43. The van der Waals surface area contributed by atoms with E-state index >= 15 is 0 Å². The molecule has 0 spiro atoms. The normalized spacial score (nSPS) is 28.5. The second-order valence-corrected chi connectivity index (χ2v) is 7.43. The number of unbranched alkanes of at least 4 members (excludes halogenated alkanes) is 3. The van der Waals surface area contributed by atoms with Crippen molar-refractivity contribution < 1.29 is 0 Å². The Bertz CT molecular complexity index is 269. The molecule has 1 N–H and O–H groups in total. The summed E-state index contributed by atoms with van der Waals surface area (Å²) < 4.78 is 0. The molecule has 0 radical (unpaired) electrons. The quantitative estimate of drug-likeness (QED) is 0.642. The van der Waals surface area contributed by atoms with Crippen LogP contribution in [0.25, 0.3) is 0 Å². The number of likely N-dealkylation sites (tertiary alicyclic amines) is 1. The van der Waals surface area contributed by atoms with Gasteiger partial charge in [0.05, 0.1) is 0 Å². The first-order valence-corrected chi connectivity index (χ1v) is 9.41. The maximum Gasteiger partial charge on any atom is 0.0124 e. The largest absolute Gasteiger partial charge is 0.314 e. The zero-order valence-electron chi connectivity index (χ0n) is 13.3. The number of hydrogen-bond acceptors (Lipinski definition) is 2. The minimum absolute atomic E-state index is 0.895. The van der Waals surface area contributed by atoms with E-state index in [1.807, 2.05) is 0 Å². The Hall–Kier alpha value is -0.0800. The van der Waals surface area contributed by atoms with Crippen LogP contribution in [-0.4, -0.2) is 36.6 Å². The number of nitrogens with zero attached hydrogens (tertiary/aromatic N) is 1. The Morgan fingerprint density at radius 2 is 1.60 bits per heavy atom. The molecule has 1 atom stereocenters. The second kappa shape index (κ2) is 7.79. The van der Waals surface area contributed by atoms with E-state index in [4.69, 9.17) is 0 Å². The molecular weight excluding hydrogens is 244 g/mol. The molecule has 1 saturated heterocycles. The molecule has 0 amide bonds. The fraction of sp³-hybridized carbons (Fsp3) is 1.00. The van der Waals surface area contributed by atoms with Crippen molar-refractivity contribution >= 4 is 0 Å². The van der Waals surface area contributed by atoms with Crippen molar-refractivity contribution in [1.29, 1.82) is 0 Å². The summed E-state index contributed by atoms with van der Waals surface area (Å²) in [6.07, 6.45) is 17.6. The van der Waals surface area contributed by atoms with Crippen LogP contribution in [0.15, 0.2) is 0 Å². The molecule has 3 rings (SSSR count). The van der Waals surface area contributed by atoms with Crippen molar-refractivity contribution in [3.05, 3.63) is 0 Å². The summed E-state index contributed by atoms with van der Waals surface area (Å²) in [5, 5.41) is 3.62. The number of hydrogen-bond donors (Lipinski definition) is 1. The van der Waals surface area contributed by atoms with Crippen LogP contribution in [0.5, 0.6) is 0 Å². The third-order valence-corrected chi connectivity index (χ3v) is 5.74. The number of nitrogens with one attached hydrogen (secondary N) is 1. The average molecular weight is 278 g/mol. The van der Waals surface area contributed by atoms with Crippen LogP contribution >= 0.6 is 0 Å². The van der Waals surface area contributed by atoms with E-state index < -0.39 is 0 Å². The predicted molar refractivity (Wildman–Crippen MR) is 86.0 cm³/mol. The molecule has 3 aliphatic rings. The van der Waals surface area contributed by atoms with Gasteiger partial charge in [-0.25, -0.2) is 0 Å². The van der Waals surface area contributed by atoms with Gasteiger partial charge in [-0.05, 0) is 76.9 Å². The first-order valence-electron chi connectivity index (χ1n) is 9.41. The third-order valence-electron chi connectivity index (χ3n) is 5.74. The third kappa shape index (κ3) is 4.46. The van der Waals surface area contributed by atoms with Gasteiger partial charge in [-0.15, -0.1) is 0 Å². The van der Waals surface area contributed by atoms with E-state index in [0.717, 1.165) is 18.0 Å². The molecule has 0 aromatic heterocycles. The summed E-state index contributed by atoms with van der Waals surface area (Å²) in [5.74, 6) is 1.06. The van der Waals surface area contributed by atoms with E-state index in [2.05, 4.69) is 10.2 Å². The first kappa shape index (κ1) is 14.8. The van der Waals surface area contributed by atoms with Gasteiger partial charge in [-0.3, -0.25) is 0 Å². The van der Waals surface area contributed by atoms with Crippen molar-refractivity contribution in [2.75, 3.05) is 19.6 Å². The van der Waals surface area contributed by atoms with Gasteiger partial charge in [0.15, 0.2) is 0 Å². The fourth-order valence-corrected chi connectivity index (χ4v) is 4.39. The van der Waals surface area contributed by atoms with Crippen molar-refractivity contribution in [2.45, 2.75) is 89.1 Å². The van der Waals surface area contributed by atoms with Crippen LogP contribution in [0.3, 0.4) is 0 Å². The van der Waals surface area contributed by atoms with Crippen LogP contribution in [-0.2, 0) is 0 Å². The van der Waals surface area contributed by atoms with Crippen LogP contribution in [0.2, 0.25) is 0 Å². The Morgan fingerprint density at radius 1 is 0.800 bits per heavy atom. The molecule has 0 aromatic rings. The lowest BCUT2D eigenvalue weighted by molar-refractivity contribution is 0.187. The van der Waals surface area contributed by atoms with Gasteiger partial charge in [0.2, 0.25) is 0 Å². The zero-order valence-corrected chi connectivity index (χ0v) is 13.3. The van der Waals surface area contributed by atoms with Gasteiger partial charge in [0, 0.05) is 12.1 Å². The molecular formula is C18H34N2. The SMILES string of the molecule is C(CCCN1CCCC1C1CCCC1)CCNC1CC1. The van der Waals surface area contributed by atoms with E-state index in [1.54, 1.807) is 0 Å². The highest BCUT2D eigenvalue weighted by atomic mass is 15.2. The maximum atomic E-state index is 3.62. The summed E-state index contributed by atoms with van der Waals surface area (Å²) in [6.45, 7) is 4.04. The monoisotopic (exact) mass is 278 g/mol. The average Bonchev–Trinajstić information content (AvgIpc) is 2.93. The zero-order chi connectivity index (χ0) is 13.6. The van der Waals surface area contributed by atoms with Crippen molar-refractivity contribution in [3.8, 4) is 0 Å². The van der Waals surface area contributed by atoms with E-state index in [-0.39, 0.29) is 0 Å². The Kier molecular flexibility index (Phi) is 5.78. The molecule has 0 aromatic carbocycles. The molecule has 1 aliphatic heterocycles. The minimum Gasteiger partial charge on any atom is -0.314 e. The Morgan fingerprint density at radius 3 is 2.40 bits per heavy atom. The van der Waals surface area contributed by atoms with E-state index in [0.29, 0.717) is 0 Å². The molecule has 3 fully saturated rings. The van der Waals surface area contributed by atoms with E-state index in [9.17, 15) is 0 Å². The fourth-order valence-electron chi connectivity index (χ4n) is 4.39. The first-order chi connectivity index (χ1) is 9.93. The van der Waals surface area contributed by atoms with Crippen LogP contribution in [0, 0.1) is 5.92 Å². The van der Waals surface area contributed by atoms with Crippen LogP contribution < -0.4 is 5.32 Å². The minimum atomic E-state index is 0.895. The van der Waals surface area contributed by atoms with Crippen molar-refractivity contribution in [3.63, 3.8) is 0 Å². The molecule has 2 nitrogen and oxygen atoms in total. The van der Waals surface area contributed by atoms with Crippen LogP contribution in [0.1, 0.15) is 77.0 Å². The van der Waals surface area contributed by atoms with E-state index in [1.165, 1.54) is 96.7 Å². The summed E-state index contributed by atoms with van der Waals surface area (Å²) in [7, 11) is 0. The lowest BCUT2D eigenvalue weighted by atomic mass is 9.96. The lowest BCUT2D eigenvalue weighted by Crippen LogP contribution is -2.35. The Labute approximate surface area is 125 Å². The van der Waals surface area contributed by atoms with Gasteiger partial charge in [0.25, 0.3) is 0 Å². The van der Waals surface area contributed by atoms with Crippen LogP contribution in [0.4, 0.5) is 0 Å². The highest BCUT2D eigenvalue weighted by Crippen LogP contribution is 2.35. The predicted octanol–water partition coefficient (Wildman–Crippen LogP) is 3.95. The summed E-state index contributed by atoms with van der Waals surface area (Å²) in [6, 6.07) is 1.86. The van der Waals surface area contributed by atoms with Crippen molar-refractivity contribution in [1.82, 2.24) is 10.2 Å². The smallest absolute Gasteiger partial charge is 0.0124 e. The summed E-state index contributed by atoms with van der Waals surface area (Å²) >= 11 is 0. The molecule has 1 heterocycles. The molecule has 20 heavy (non-hydrogen) atoms. The lowest BCUT2D eigenvalue weighted by Gasteiger charge is -2.29. The maximum absolute atomic E-state index is 3.62. The highest BCUT2D eigenvalue weighted by Gasteiger charge is 2.32. The highest BCUT2D eigenvalue weighted by molar-refractivity contribution is 4.87. The molecule has 2 aliphatic carbocycles. The molecule has 2 saturated carbocycles. The van der Waals surface area contributed by atoms with Gasteiger partial charge < -0.3 is 10.2 Å². The summed E-state index contributed by atoms with van der Waals surface area (Å²) in [4.78, 5) is 2.85. The van der Waals surface area contributed by atoms with Gasteiger partial charge in [-0.1, -0.05) is 25.7 Å². The number of rotatable bonds is 9. The van der Waals surface area contributed by atoms with Gasteiger partial charge in [-0.2, -0.15) is 0 Å². The topological polar surface area (TPSA) is 15.3 Å². The molecule has 116 valence electrons. The summed E-state index contributed by atoms with van der Waals surface area (Å²) in [5.41, 5.74) is 0. The molecule has 0 bridgehead atoms. The van der Waals surface area contributed by atoms with Gasteiger partial charge >= 0.3 is 0 Å². The van der Waals surface area contributed by atoms with Gasteiger partial charge in [0.1, 0.15) is 0 Å². The van der Waals surface area contributed by atoms with Crippen molar-refractivity contribution in [2.24, 2.45) is 5.92 Å².